The Morgan fingerprint density at radius 1 is 0.941 bits per heavy atom. The molecule has 1 N–H and O–H groups in total. The Hall–Kier alpha value is -0.980. The fourth-order valence-corrected chi connectivity index (χ4v) is 1.88. The molecule has 17 heavy (non-hydrogen) atoms. The summed E-state index contributed by atoms with van der Waals surface area (Å²) in [5, 5.41) is 9.97. The Morgan fingerprint density at radius 3 is 2.06 bits per heavy atom. The van der Waals surface area contributed by atoms with Crippen molar-refractivity contribution in [2.75, 3.05) is 0 Å². The zero-order valence-corrected chi connectivity index (χ0v) is 11.7. The lowest BCUT2D eigenvalue weighted by Crippen LogP contribution is -1.95. The number of phenols is 1. The number of aryl methyl sites for hydroxylation is 2. The predicted molar refractivity (Wildman–Crippen MR) is 74.4 cm³/mol. The third-order valence-corrected chi connectivity index (χ3v) is 3.15. The Kier molecular flexibility index (Phi) is 5.54. The smallest absolute Gasteiger partial charge is 0.119 e. The van der Waals surface area contributed by atoms with Crippen LogP contribution in [0.5, 0.6) is 5.75 Å². The average Bonchev–Trinajstić information content (AvgIpc) is 2.24. The molecule has 0 amide bonds. The third kappa shape index (κ3) is 5.25. The van der Waals surface area contributed by atoms with Crippen molar-refractivity contribution < 1.29 is 5.11 Å². The van der Waals surface area contributed by atoms with Crippen molar-refractivity contribution >= 4 is 0 Å². The van der Waals surface area contributed by atoms with Crippen LogP contribution in [0.25, 0.3) is 0 Å². The van der Waals surface area contributed by atoms with Crippen LogP contribution >= 0.6 is 0 Å². The number of phenolic OH excluding ortho intramolecular Hbond substituents is 1. The van der Waals surface area contributed by atoms with Gasteiger partial charge in [0, 0.05) is 0 Å². The fourth-order valence-electron chi connectivity index (χ4n) is 1.88. The molecule has 0 atom stereocenters. The second-order valence-electron chi connectivity index (χ2n) is 5.83. The van der Waals surface area contributed by atoms with Crippen molar-refractivity contribution in [2.45, 2.75) is 53.4 Å². The van der Waals surface area contributed by atoms with E-state index in [2.05, 4.69) is 39.8 Å². The average molecular weight is 234 g/mol. The van der Waals surface area contributed by atoms with Crippen LogP contribution in [0.1, 0.15) is 51.7 Å². The highest BCUT2D eigenvalue weighted by Crippen LogP contribution is 2.23. The molecule has 1 heteroatoms. The van der Waals surface area contributed by atoms with Crippen LogP contribution in [0.3, 0.4) is 0 Å². The Balaban J connectivity index is 2.59. The van der Waals surface area contributed by atoms with E-state index in [1.165, 1.54) is 12.0 Å². The summed E-state index contributed by atoms with van der Waals surface area (Å²) >= 11 is 0. The topological polar surface area (TPSA) is 20.2 Å². The molecule has 0 aliphatic heterocycles. The zero-order chi connectivity index (χ0) is 12.8. The van der Waals surface area contributed by atoms with Crippen molar-refractivity contribution in [2.24, 2.45) is 11.8 Å². The summed E-state index contributed by atoms with van der Waals surface area (Å²) < 4.78 is 0. The van der Waals surface area contributed by atoms with Crippen LogP contribution in [0.15, 0.2) is 18.2 Å². The molecule has 0 unspecified atom stereocenters. The van der Waals surface area contributed by atoms with Crippen LogP contribution in [0.4, 0.5) is 0 Å². The second-order valence-corrected chi connectivity index (χ2v) is 5.83. The minimum absolute atomic E-state index is 0.479. The molecule has 0 aliphatic rings. The van der Waals surface area contributed by atoms with Crippen molar-refractivity contribution in [1.29, 1.82) is 0 Å². The van der Waals surface area contributed by atoms with E-state index in [4.69, 9.17) is 0 Å². The van der Waals surface area contributed by atoms with Gasteiger partial charge in [0.05, 0.1) is 0 Å². The highest BCUT2D eigenvalue weighted by atomic mass is 16.3. The standard InChI is InChI=1S/C16H26O/c1-12(2)5-7-14-8-10-15(16(17)11-14)9-6-13(3)4/h8,10-13,17H,5-7,9H2,1-4H3. The Bertz CT molecular complexity index is 339. The molecule has 1 nitrogen and oxygen atoms in total. The van der Waals surface area contributed by atoms with Gasteiger partial charge in [0.1, 0.15) is 5.75 Å². The van der Waals surface area contributed by atoms with Gasteiger partial charge in [-0.1, -0.05) is 39.8 Å². The molecule has 1 rings (SSSR count). The largest absolute Gasteiger partial charge is 0.508 e. The summed E-state index contributed by atoms with van der Waals surface area (Å²) in [5.41, 5.74) is 2.34. The maximum atomic E-state index is 9.97. The Morgan fingerprint density at radius 2 is 1.53 bits per heavy atom. The van der Waals surface area contributed by atoms with E-state index in [0.29, 0.717) is 11.7 Å². The van der Waals surface area contributed by atoms with E-state index in [1.54, 1.807) is 0 Å². The Labute approximate surface area is 106 Å². The van der Waals surface area contributed by atoms with E-state index in [1.807, 2.05) is 6.07 Å². The minimum atomic E-state index is 0.479. The first-order valence-electron chi connectivity index (χ1n) is 6.79. The predicted octanol–water partition coefficient (Wildman–Crippen LogP) is 4.57. The molecule has 0 aromatic heterocycles. The normalized spacial score (nSPS) is 11.4. The molecule has 0 radical (unpaired) electrons. The van der Waals surface area contributed by atoms with Gasteiger partial charge in [-0.25, -0.2) is 0 Å². The summed E-state index contributed by atoms with van der Waals surface area (Å²) in [4.78, 5) is 0. The maximum absolute atomic E-state index is 9.97. The maximum Gasteiger partial charge on any atom is 0.119 e. The van der Waals surface area contributed by atoms with Gasteiger partial charge in [-0.2, -0.15) is 0 Å². The van der Waals surface area contributed by atoms with E-state index < -0.39 is 0 Å². The van der Waals surface area contributed by atoms with Gasteiger partial charge in [-0.3, -0.25) is 0 Å². The monoisotopic (exact) mass is 234 g/mol. The van der Waals surface area contributed by atoms with Gasteiger partial charge in [-0.05, 0) is 54.7 Å². The fraction of sp³-hybridized carbons (Fsp3) is 0.625. The first-order valence-corrected chi connectivity index (χ1v) is 6.79. The van der Waals surface area contributed by atoms with Crippen molar-refractivity contribution in [3.05, 3.63) is 29.3 Å². The lowest BCUT2D eigenvalue weighted by Gasteiger charge is -2.10. The number of hydrogen-bond donors (Lipinski definition) is 1. The second kappa shape index (κ2) is 6.68. The lowest BCUT2D eigenvalue weighted by molar-refractivity contribution is 0.462. The lowest BCUT2D eigenvalue weighted by atomic mass is 9.98. The molecule has 0 fully saturated rings. The molecule has 0 heterocycles. The summed E-state index contributed by atoms with van der Waals surface area (Å²) in [7, 11) is 0. The SMILES string of the molecule is CC(C)CCc1ccc(CCC(C)C)c(O)c1. The molecule has 1 aromatic rings. The zero-order valence-electron chi connectivity index (χ0n) is 11.7. The highest BCUT2D eigenvalue weighted by Gasteiger charge is 2.05. The highest BCUT2D eigenvalue weighted by molar-refractivity contribution is 5.36. The molecule has 0 aliphatic carbocycles. The molecule has 0 spiro atoms. The molecule has 0 bridgehead atoms. The number of aromatic hydroxyl groups is 1. The summed E-state index contributed by atoms with van der Waals surface area (Å²) in [6, 6.07) is 6.20. The first-order chi connectivity index (χ1) is 7.99. The van der Waals surface area contributed by atoms with Crippen LogP contribution in [0.2, 0.25) is 0 Å². The third-order valence-electron chi connectivity index (χ3n) is 3.15. The summed E-state index contributed by atoms with van der Waals surface area (Å²) in [6.07, 6.45) is 4.37. The molecule has 1 aromatic carbocycles. The number of rotatable bonds is 6. The molecule has 96 valence electrons. The van der Waals surface area contributed by atoms with Gasteiger partial charge in [-0.15, -0.1) is 0 Å². The van der Waals surface area contributed by atoms with Gasteiger partial charge in [0.2, 0.25) is 0 Å². The molecular weight excluding hydrogens is 208 g/mol. The number of benzene rings is 1. The number of hydrogen-bond acceptors (Lipinski definition) is 1. The minimum Gasteiger partial charge on any atom is -0.508 e. The van der Waals surface area contributed by atoms with Crippen molar-refractivity contribution in [3.8, 4) is 5.75 Å². The van der Waals surface area contributed by atoms with Crippen LogP contribution in [-0.4, -0.2) is 5.11 Å². The summed E-state index contributed by atoms with van der Waals surface area (Å²) in [5.74, 6) is 1.89. The van der Waals surface area contributed by atoms with Crippen LogP contribution in [-0.2, 0) is 12.8 Å². The van der Waals surface area contributed by atoms with Crippen LogP contribution in [0, 0.1) is 11.8 Å². The van der Waals surface area contributed by atoms with Gasteiger partial charge < -0.3 is 5.11 Å². The molecular formula is C16H26O. The van der Waals surface area contributed by atoms with E-state index >= 15 is 0 Å². The van der Waals surface area contributed by atoms with E-state index in [-0.39, 0.29) is 0 Å². The van der Waals surface area contributed by atoms with E-state index in [9.17, 15) is 5.11 Å². The van der Waals surface area contributed by atoms with E-state index in [0.717, 1.165) is 30.7 Å². The van der Waals surface area contributed by atoms with Crippen LogP contribution < -0.4 is 0 Å². The summed E-state index contributed by atoms with van der Waals surface area (Å²) in [6.45, 7) is 8.90. The van der Waals surface area contributed by atoms with Gasteiger partial charge >= 0.3 is 0 Å². The van der Waals surface area contributed by atoms with Gasteiger partial charge in [0.25, 0.3) is 0 Å². The first kappa shape index (κ1) is 14.1. The van der Waals surface area contributed by atoms with Gasteiger partial charge in [0.15, 0.2) is 0 Å². The van der Waals surface area contributed by atoms with Crippen molar-refractivity contribution in [1.82, 2.24) is 0 Å². The molecule has 0 saturated heterocycles. The molecule has 0 saturated carbocycles. The van der Waals surface area contributed by atoms with Crippen molar-refractivity contribution in [3.63, 3.8) is 0 Å². The quantitative estimate of drug-likeness (QED) is 0.764.